The molecule has 0 aromatic carbocycles. The highest BCUT2D eigenvalue weighted by Gasteiger charge is 2.37. The van der Waals surface area contributed by atoms with Gasteiger partial charge in [-0.15, -0.1) is 0 Å². The van der Waals surface area contributed by atoms with Crippen LogP contribution < -0.4 is 5.32 Å². The van der Waals surface area contributed by atoms with Crippen LogP contribution in [-0.2, 0) is 29.0 Å². The molecule has 36 heavy (non-hydrogen) atoms. The molecule has 3 saturated carbocycles. The van der Waals surface area contributed by atoms with Crippen LogP contribution in [0.3, 0.4) is 0 Å². The lowest BCUT2D eigenvalue weighted by Gasteiger charge is -2.36. The Morgan fingerprint density at radius 3 is 2.17 bits per heavy atom. The standard InChI is InChI=1S/C27H44N2O6S/c1-2-35-27(32)22-4-3-15-29(17-22)26(31)21-9-11-23(12-10-21)28-25(30)16-19-7-13-24(14-8-19)36(33,34)18-20-5-6-20/h19-24H,2-18H2,1H3,(H,28,30). The van der Waals surface area contributed by atoms with E-state index in [1.165, 1.54) is 0 Å². The van der Waals surface area contributed by atoms with Crippen molar-refractivity contribution in [3.63, 3.8) is 0 Å². The smallest absolute Gasteiger partial charge is 0.310 e. The van der Waals surface area contributed by atoms with Gasteiger partial charge >= 0.3 is 5.97 Å². The summed E-state index contributed by atoms with van der Waals surface area (Å²) >= 11 is 0. The molecule has 0 radical (unpaired) electrons. The zero-order chi connectivity index (χ0) is 25.7. The minimum absolute atomic E-state index is 0.0352. The third-order valence-electron chi connectivity index (χ3n) is 8.74. The topological polar surface area (TPSA) is 110 Å². The lowest BCUT2D eigenvalue weighted by molar-refractivity contribution is -0.152. The monoisotopic (exact) mass is 524 g/mol. The number of carbonyl (C=O) groups is 3. The van der Waals surface area contributed by atoms with Crippen LogP contribution >= 0.6 is 0 Å². The molecule has 1 N–H and O–H groups in total. The number of carbonyl (C=O) groups excluding carboxylic acids is 3. The zero-order valence-corrected chi connectivity index (χ0v) is 22.6. The van der Waals surface area contributed by atoms with Crippen LogP contribution in [-0.4, -0.2) is 67.8 Å². The third kappa shape index (κ3) is 7.45. The van der Waals surface area contributed by atoms with Gasteiger partial charge in [0.25, 0.3) is 0 Å². The third-order valence-corrected chi connectivity index (χ3v) is 11.2. The van der Waals surface area contributed by atoms with Crippen molar-refractivity contribution >= 4 is 27.6 Å². The average molecular weight is 525 g/mol. The summed E-state index contributed by atoms with van der Waals surface area (Å²) in [7, 11) is -2.98. The van der Waals surface area contributed by atoms with Crippen LogP contribution in [0.4, 0.5) is 0 Å². The number of hydrogen-bond acceptors (Lipinski definition) is 6. The van der Waals surface area contributed by atoms with E-state index in [9.17, 15) is 22.8 Å². The van der Waals surface area contributed by atoms with Gasteiger partial charge in [-0.25, -0.2) is 8.42 Å². The molecule has 4 aliphatic rings. The van der Waals surface area contributed by atoms with Crippen LogP contribution in [0.15, 0.2) is 0 Å². The Morgan fingerprint density at radius 1 is 0.861 bits per heavy atom. The first-order valence-corrected chi connectivity index (χ1v) is 15.9. The molecule has 4 fully saturated rings. The molecule has 1 saturated heterocycles. The van der Waals surface area contributed by atoms with E-state index in [-0.39, 0.29) is 46.8 Å². The van der Waals surface area contributed by atoms with Crippen molar-refractivity contribution in [1.82, 2.24) is 10.2 Å². The molecule has 0 spiro atoms. The second-order valence-electron chi connectivity index (χ2n) is 11.6. The second kappa shape index (κ2) is 12.3. The molecule has 2 amide bonds. The summed E-state index contributed by atoms with van der Waals surface area (Å²) in [6, 6.07) is 0.102. The van der Waals surface area contributed by atoms with Crippen molar-refractivity contribution in [3.05, 3.63) is 0 Å². The summed E-state index contributed by atoms with van der Waals surface area (Å²) in [5, 5.41) is 2.96. The summed E-state index contributed by atoms with van der Waals surface area (Å²) < 4.78 is 30.2. The predicted molar refractivity (Wildman–Crippen MR) is 137 cm³/mol. The molecule has 4 rings (SSSR count). The molecule has 0 aromatic rings. The molecule has 1 aliphatic heterocycles. The lowest BCUT2D eigenvalue weighted by Crippen LogP contribution is -2.47. The van der Waals surface area contributed by atoms with Crippen molar-refractivity contribution < 1.29 is 27.5 Å². The van der Waals surface area contributed by atoms with E-state index < -0.39 is 9.84 Å². The van der Waals surface area contributed by atoms with Gasteiger partial charge in [0.15, 0.2) is 9.84 Å². The Bertz CT molecular complexity index is 886. The van der Waals surface area contributed by atoms with Crippen LogP contribution in [0.25, 0.3) is 0 Å². The zero-order valence-electron chi connectivity index (χ0n) is 21.8. The van der Waals surface area contributed by atoms with Crippen LogP contribution in [0.1, 0.15) is 90.4 Å². The van der Waals surface area contributed by atoms with Crippen molar-refractivity contribution in [3.8, 4) is 0 Å². The summed E-state index contributed by atoms with van der Waals surface area (Å²) in [4.78, 5) is 39.7. The van der Waals surface area contributed by atoms with Gasteiger partial charge in [0.2, 0.25) is 11.8 Å². The number of piperidine rings is 1. The number of likely N-dealkylation sites (tertiary alicyclic amines) is 1. The Hall–Kier alpha value is -1.64. The van der Waals surface area contributed by atoms with Crippen molar-refractivity contribution in [1.29, 1.82) is 0 Å². The Kier molecular flexibility index (Phi) is 9.34. The maximum absolute atomic E-state index is 13.1. The van der Waals surface area contributed by atoms with Crippen molar-refractivity contribution in [2.45, 2.75) is 102 Å². The number of hydrogen-bond donors (Lipinski definition) is 1. The predicted octanol–water partition coefficient (Wildman–Crippen LogP) is 3.24. The molecule has 1 atom stereocenters. The fourth-order valence-corrected chi connectivity index (χ4v) is 8.62. The first kappa shape index (κ1) is 27.4. The number of ether oxygens (including phenoxy) is 1. The normalized spacial score (nSPS) is 31.5. The molecular formula is C27H44N2O6S. The highest BCUT2D eigenvalue weighted by molar-refractivity contribution is 7.92. The van der Waals surface area contributed by atoms with Crippen molar-refractivity contribution in [2.75, 3.05) is 25.4 Å². The quantitative estimate of drug-likeness (QED) is 0.464. The fourth-order valence-electron chi connectivity index (χ4n) is 6.37. The maximum Gasteiger partial charge on any atom is 0.310 e. The van der Waals surface area contributed by atoms with E-state index in [4.69, 9.17) is 4.74 Å². The van der Waals surface area contributed by atoms with Crippen LogP contribution in [0.5, 0.6) is 0 Å². The number of amides is 2. The van der Waals surface area contributed by atoms with Gasteiger partial charge in [0, 0.05) is 31.5 Å². The van der Waals surface area contributed by atoms with E-state index in [1.807, 2.05) is 4.90 Å². The first-order chi connectivity index (χ1) is 17.2. The molecule has 0 aromatic heterocycles. The molecule has 8 nitrogen and oxygen atoms in total. The second-order valence-corrected chi connectivity index (χ2v) is 13.9. The number of nitrogens with one attached hydrogen (secondary N) is 1. The molecule has 3 aliphatic carbocycles. The SMILES string of the molecule is CCOC(=O)C1CCCN(C(=O)C2CCC(NC(=O)CC3CCC(S(=O)(=O)CC4CC4)CC3)CC2)C1. The maximum atomic E-state index is 13.1. The molecule has 0 bridgehead atoms. The Labute approximate surface area is 216 Å². The number of sulfone groups is 1. The molecule has 9 heteroatoms. The van der Waals surface area contributed by atoms with Gasteiger partial charge in [0.05, 0.1) is 23.5 Å². The van der Waals surface area contributed by atoms with Gasteiger partial charge in [-0.1, -0.05) is 0 Å². The van der Waals surface area contributed by atoms with Crippen molar-refractivity contribution in [2.24, 2.45) is 23.7 Å². The molecule has 1 unspecified atom stereocenters. The van der Waals surface area contributed by atoms with E-state index in [2.05, 4.69) is 5.32 Å². The van der Waals surface area contributed by atoms with Gasteiger partial charge < -0.3 is 15.0 Å². The molecular weight excluding hydrogens is 480 g/mol. The number of nitrogens with zero attached hydrogens (tertiary/aromatic N) is 1. The highest BCUT2D eigenvalue weighted by atomic mass is 32.2. The van der Waals surface area contributed by atoms with Gasteiger partial charge in [-0.3, -0.25) is 14.4 Å². The minimum atomic E-state index is -2.98. The summed E-state index contributed by atoms with van der Waals surface area (Å²) in [5.74, 6) is 0.766. The lowest BCUT2D eigenvalue weighted by atomic mass is 9.83. The molecule has 204 valence electrons. The molecule has 1 heterocycles. The van der Waals surface area contributed by atoms with Gasteiger partial charge in [-0.2, -0.15) is 0 Å². The van der Waals surface area contributed by atoms with Gasteiger partial charge in [0.1, 0.15) is 0 Å². The first-order valence-electron chi connectivity index (χ1n) is 14.2. The Morgan fingerprint density at radius 2 is 1.53 bits per heavy atom. The van der Waals surface area contributed by atoms with E-state index in [0.717, 1.165) is 64.2 Å². The summed E-state index contributed by atoms with van der Waals surface area (Å²) in [5.41, 5.74) is 0. The number of esters is 1. The van der Waals surface area contributed by atoms with Crippen LogP contribution in [0.2, 0.25) is 0 Å². The summed E-state index contributed by atoms with van der Waals surface area (Å²) in [6.07, 6.45) is 10.3. The van der Waals surface area contributed by atoms with Gasteiger partial charge in [-0.05, 0) is 95.8 Å². The van der Waals surface area contributed by atoms with E-state index in [1.54, 1.807) is 6.92 Å². The van der Waals surface area contributed by atoms with E-state index >= 15 is 0 Å². The largest absolute Gasteiger partial charge is 0.466 e. The highest BCUT2D eigenvalue weighted by Crippen LogP contribution is 2.36. The average Bonchev–Trinajstić information content (AvgIpc) is 3.68. The fraction of sp³-hybridized carbons (Fsp3) is 0.889. The van der Waals surface area contributed by atoms with E-state index in [0.29, 0.717) is 50.6 Å². The summed E-state index contributed by atoms with van der Waals surface area (Å²) in [6.45, 7) is 3.32. The Balaban J connectivity index is 1.14. The van der Waals surface area contributed by atoms with Crippen LogP contribution in [0, 0.1) is 23.7 Å². The minimum Gasteiger partial charge on any atom is -0.466 e. The number of rotatable bonds is 9.